The van der Waals surface area contributed by atoms with E-state index in [9.17, 15) is 34.1 Å². The van der Waals surface area contributed by atoms with Gasteiger partial charge in [0.1, 0.15) is 12.7 Å². The minimum absolute atomic E-state index is 0.138. The number of aliphatic hydroxyl groups is 1. The number of aliphatic carboxylic acids is 1. The van der Waals surface area contributed by atoms with Gasteiger partial charge in [-0.3, -0.25) is 18.6 Å². The Morgan fingerprint density at radius 3 is 1.26 bits per heavy atom. The van der Waals surface area contributed by atoms with Crippen molar-refractivity contribution in [1.29, 1.82) is 0 Å². The number of rotatable bonds is 48. The Bertz CT molecular complexity index is 1090. The molecule has 0 fully saturated rings. The van der Waals surface area contributed by atoms with Crippen LogP contribution in [0.15, 0.2) is 12.2 Å². The third-order valence-corrected chi connectivity index (χ3v) is 12.3. The molecule has 1 amide bonds. The Hall–Kier alpha value is -1.78. The second-order valence-electron chi connectivity index (χ2n) is 17.4. The zero-order chi connectivity index (χ0) is 44.9. The molecule has 4 N–H and O–H groups in total. The summed E-state index contributed by atoms with van der Waals surface area (Å²) in [7, 11) is -4.76. The Morgan fingerprint density at radius 2 is 0.852 bits per heavy atom. The van der Waals surface area contributed by atoms with Gasteiger partial charge in [0.2, 0.25) is 5.91 Å². The van der Waals surface area contributed by atoms with E-state index in [-0.39, 0.29) is 12.8 Å². The zero-order valence-corrected chi connectivity index (χ0v) is 40.1. The second kappa shape index (κ2) is 44.8. The van der Waals surface area contributed by atoms with Crippen LogP contribution >= 0.6 is 7.82 Å². The van der Waals surface area contributed by atoms with Crippen molar-refractivity contribution in [2.75, 3.05) is 19.8 Å². The summed E-state index contributed by atoms with van der Waals surface area (Å²) in [6.45, 7) is 2.61. The molecule has 0 aliphatic rings. The number of aliphatic hydroxyl groups excluding tert-OH is 1. The molecule has 3 atom stereocenters. The van der Waals surface area contributed by atoms with Crippen molar-refractivity contribution in [3.63, 3.8) is 0 Å². The average molecular weight is 888 g/mol. The maximum Gasteiger partial charge on any atom is 0.472 e. The van der Waals surface area contributed by atoms with Crippen molar-refractivity contribution in [3.05, 3.63) is 12.2 Å². The predicted molar refractivity (Wildman–Crippen MR) is 250 cm³/mol. The topological polar surface area (TPSA) is 169 Å². The Morgan fingerprint density at radius 1 is 0.508 bits per heavy atom. The molecule has 11 nitrogen and oxygen atoms in total. The molecule has 0 spiro atoms. The molecule has 0 aliphatic carbocycles. The lowest BCUT2D eigenvalue weighted by Crippen LogP contribution is -2.43. The quantitative estimate of drug-likeness (QED) is 0.0200. The van der Waals surface area contributed by atoms with E-state index >= 15 is 0 Å². The zero-order valence-electron chi connectivity index (χ0n) is 39.2. The summed E-state index contributed by atoms with van der Waals surface area (Å²) in [6, 6.07) is -1.55. The molecule has 0 radical (unpaired) electrons. The molecule has 0 rings (SSSR count). The number of carboxylic acid groups (broad SMARTS) is 1. The largest absolute Gasteiger partial charge is 0.480 e. The fourth-order valence-corrected chi connectivity index (χ4v) is 8.14. The van der Waals surface area contributed by atoms with Gasteiger partial charge in [-0.1, -0.05) is 212 Å². The van der Waals surface area contributed by atoms with Gasteiger partial charge in [0.25, 0.3) is 0 Å². The first-order valence-corrected chi connectivity index (χ1v) is 26.7. The lowest BCUT2D eigenvalue weighted by Gasteiger charge is -2.18. The first-order chi connectivity index (χ1) is 29.6. The molecule has 3 unspecified atom stereocenters. The second-order valence-corrected chi connectivity index (χ2v) is 18.8. The van der Waals surface area contributed by atoms with Gasteiger partial charge >= 0.3 is 19.8 Å². The summed E-state index contributed by atoms with van der Waals surface area (Å²) < 4.78 is 26.9. The molecule has 0 aromatic carbocycles. The number of hydrogen-bond donors (Lipinski definition) is 4. The number of esters is 1. The molecule has 0 aliphatic heterocycles. The third-order valence-electron chi connectivity index (χ3n) is 11.3. The van der Waals surface area contributed by atoms with Crippen LogP contribution < -0.4 is 5.32 Å². The first-order valence-electron chi connectivity index (χ1n) is 25.2. The average Bonchev–Trinajstić information content (AvgIpc) is 3.24. The van der Waals surface area contributed by atoms with Gasteiger partial charge < -0.3 is 25.2 Å². The minimum atomic E-state index is -4.76. The maximum atomic E-state index is 12.3. The lowest BCUT2D eigenvalue weighted by molar-refractivity contribution is -0.147. The van der Waals surface area contributed by atoms with Crippen LogP contribution in [0.25, 0.3) is 0 Å². The number of phosphoric ester groups is 1. The number of amides is 1. The normalized spacial score (nSPS) is 13.6. The first kappa shape index (κ1) is 59.2. The van der Waals surface area contributed by atoms with Gasteiger partial charge in [0.05, 0.1) is 13.2 Å². The van der Waals surface area contributed by atoms with Crippen LogP contribution in [0.1, 0.15) is 251 Å². The lowest BCUT2D eigenvalue weighted by atomic mass is 10.0. The van der Waals surface area contributed by atoms with Crippen molar-refractivity contribution in [1.82, 2.24) is 5.32 Å². The van der Waals surface area contributed by atoms with E-state index in [4.69, 9.17) is 13.8 Å². The van der Waals surface area contributed by atoms with Crippen molar-refractivity contribution in [3.8, 4) is 0 Å². The summed E-state index contributed by atoms with van der Waals surface area (Å²) in [4.78, 5) is 46.0. The van der Waals surface area contributed by atoms with Crippen LogP contribution in [-0.4, -0.2) is 64.9 Å². The Labute approximate surface area is 373 Å². The number of carbonyl (C=O) groups is 3. The van der Waals surface area contributed by atoms with E-state index in [0.717, 1.165) is 57.8 Å². The fraction of sp³-hybridized carbons (Fsp3) is 0.898. The highest BCUT2D eigenvalue weighted by atomic mass is 31.2. The van der Waals surface area contributed by atoms with Crippen LogP contribution in [0, 0.1) is 0 Å². The number of hydrogen-bond acceptors (Lipinski definition) is 8. The molecule has 61 heavy (non-hydrogen) atoms. The van der Waals surface area contributed by atoms with Crippen LogP contribution in [0.4, 0.5) is 0 Å². The number of allylic oxidation sites excluding steroid dienone is 2. The van der Waals surface area contributed by atoms with Gasteiger partial charge in [-0.25, -0.2) is 9.36 Å². The van der Waals surface area contributed by atoms with E-state index in [0.29, 0.717) is 12.8 Å². The summed E-state index contributed by atoms with van der Waals surface area (Å²) in [5.74, 6) is -2.37. The fourth-order valence-electron chi connectivity index (χ4n) is 7.37. The summed E-state index contributed by atoms with van der Waals surface area (Å²) in [5, 5.41) is 21.9. The number of phosphoric acid groups is 1. The van der Waals surface area contributed by atoms with Gasteiger partial charge in [-0.2, -0.15) is 0 Å². The van der Waals surface area contributed by atoms with Crippen molar-refractivity contribution in [2.45, 2.75) is 264 Å². The number of nitrogens with one attached hydrogen (secondary N) is 1. The van der Waals surface area contributed by atoms with Gasteiger partial charge in [-0.05, 0) is 38.5 Å². The van der Waals surface area contributed by atoms with Crippen molar-refractivity contribution >= 4 is 25.7 Å². The third kappa shape index (κ3) is 44.6. The molecular weight excluding hydrogens is 794 g/mol. The van der Waals surface area contributed by atoms with Crippen LogP contribution in [0.3, 0.4) is 0 Å². The summed E-state index contributed by atoms with van der Waals surface area (Å²) in [5.41, 5.74) is 0. The summed E-state index contributed by atoms with van der Waals surface area (Å²) >= 11 is 0. The maximum absolute atomic E-state index is 12.3. The van der Waals surface area contributed by atoms with Crippen LogP contribution in [0.2, 0.25) is 0 Å². The van der Waals surface area contributed by atoms with E-state index in [1.807, 2.05) is 0 Å². The number of ether oxygens (including phenoxy) is 1. The SMILES string of the molecule is CCCCCC/C=C\CCCCCCCC(=O)NC(COP(=O)(O)OCC(O)COC(=O)CCCCCCCCCCCCCCCCCCCCCCCCCC)C(=O)O. The van der Waals surface area contributed by atoms with Crippen LogP contribution in [-0.2, 0) is 32.7 Å². The van der Waals surface area contributed by atoms with E-state index in [1.165, 1.54) is 154 Å². The number of carboxylic acids is 1. The molecule has 0 saturated heterocycles. The number of carbonyl (C=O) groups excluding carboxylic acids is 2. The molecule has 12 heteroatoms. The monoisotopic (exact) mass is 888 g/mol. The van der Waals surface area contributed by atoms with Gasteiger partial charge in [0, 0.05) is 12.8 Å². The van der Waals surface area contributed by atoms with E-state index in [1.54, 1.807) is 0 Å². The van der Waals surface area contributed by atoms with E-state index in [2.05, 4.69) is 31.3 Å². The smallest absolute Gasteiger partial charge is 0.472 e. The van der Waals surface area contributed by atoms with Crippen molar-refractivity contribution in [2.24, 2.45) is 0 Å². The Kier molecular flexibility index (Phi) is 43.5. The molecule has 0 heterocycles. The highest BCUT2D eigenvalue weighted by Crippen LogP contribution is 2.43. The number of unbranched alkanes of at least 4 members (excludes halogenated alkanes) is 32. The highest BCUT2D eigenvalue weighted by molar-refractivity contribution is 7.47. The molecule has 0 aromatic rings. The van der Waals surface area contributed by atoms with Gasteiger partial charge in [-0.15, -0.1) is 0 Å². The van der Waals surface area contributed by atoms with Crippen molar-refractivity contribution < 1.29 is 47.8 Å². The summed E-state index contributed by atoms with van der Waals surface area (Å²) in [6.07, 6.45) is 46.8. The molecule has 0 bridgehead atoms. The molecule has 360 valence electrons. The highest BCUT2D eigenvalue weighted by Gasteiger charge is 2.28. The predicted octanol–water partition coefficient (Wildman–Crippen LogP) is 13.6. The van der Waals surface area contributed by atoms with E-state index < -0.39 is 57.6 Å². The standard InChI is InChI=1S/C49H94NO10P/c1-3-5-7-9-11-13-15-17-18-19-20-21-22-23-24-25-26-27-29-31-33-35-37-39-41-48(53)58-42-45(51)43-59-61(56,57)60-44-46(49(54)55)50-47(52)40-38-36-34-32-30-28-16-14-12-10-8-6-4-2/h14,16,45-46,51H,3-13,15,17-44H2,1-2H3,(H,50,52)(H,54,55)(H,56,57)/b16-14-. The minimum Gasteiger partial charge on any atom is -0.480 e. The van der Waals surface area contributed by atoms with Crippen LogP contribution in [0.5, 0.6) is 0 Å². The molecule has 0 aromatic heterocycles. The van der Waals surface area contributed by atoms with Gasteiger partial charge in [0.15, 0.2) is 6.04 Å². The Balaban J connectivity index is 3.75. The molecular formula is C49H94NO10P. The molecule has 0 saturated carbocycles.